The molecular formula is C16H22BrN3. The quantitative estimate of drug-likeness (QED) is 0.827. The molecule has 2 atom stereocenters. The minimum Gasteiger partial charge on any atom is -0.366 e. The lowest BCUT2D eigenvalue weighted by Crippen LogP contribution is -2.40. The van der Waals surface area contributed by atoms with E-state index in [2.05, 4.69) is 70.9 Å². The van der Waals surface area contributed by atoms with E-state index in [1.165, 1.54) is 11.3 Å². The van der Waals surface area contributed by atoms with Gasteiger partial charge in [0.25, 0.3) is 0 Å². The van der Waals surface area contributed by atoms with E-state index in [0.717, 1.165) is 24.0 Å². The van der Waals surface area contributed by atoms with E-state index in [4.69, 9.17) is 5.26 Å². The smallest absolute Gasteiger partial charge is 0.0643 e. The van der Waals surface area contributed by atoms with Crippen LogP contribution in [-0.4, -0.2) is 37.1 Å². The molecule has 0 amide bonds. The molecule has 1 aliphatic heterocycles. The van der Waals surface area contributed by atoms with Crippen molar-refractivity contribution in [3.05, 3.63) is 28.2 Å². The molecule has 1 aromatic carbocycles. The third-order valence-electron chi connectivity index (χ3n) is 4.29. The molecule has 108 valence electrons. The second kappa shape index (κ2) is 6.60. The molecule has 0 aliphatic carbocycles. The number of halogens is 1. The van der Waals surface area contributed by atoms with Crippen LogP contribution in [0.4, 0.5) is 5.69 Å². The monoisotopic (exact) mass is 335 g/mol. The predicted octanol–water partition coefficient (Wildman–Crippen LogP) is 3.57. The molecule has 0 bridgehead atoms. The molecular weight excluding hydrogens is 314 g/mol. The Bertz CT molecular complexity index is 509. The van der Waals surface area contributed by atoms with Gasteiger partial charge in [0.1, 0.15) is 0 Å². The number of nitriles is 1. The Morgan fingerprint density at radius 2 is 2.20 bits per heavy atom. The summed E-state index contributed by atoms with van der Waals surface area (Å²) >= 11 is 3.61. The molecule has 0 radical (unpaired) electrons. The first-order chi connectivity index (χ1) is 9.52. The zero-order valence-electron chi connectivity index (χ0n) is 12.4. The molecule has 0 N–H and O–H groups in total. The Morgan fingerprint density at radius 1 is 1.45 bits per heavy atom. The van der Waals surface area contributed by atoms with E-state index < -0.39 is 0 Å². The first-order valence-corrected chi connectivity index (χ1v) is 7.92. The van der Waals surface area contributed by atoms with Crippen molar-refractivity contribution in [2.45, 2.75) is 38.8 Å². The van der Waals surface area contributed by atoms with E-state index in [9.17, 15) is 0 Å². The Kier molecular flexibility index (Phi) is 5.06. The number of aryl methyl sites for hydroxylation is 1. The lowest BCUT2D eigenvalue weighted by molar-refractivity contribution is 0.255. The summed E-state index contributed by atoms with van der Waals surface area (Å²) in [5.74, 6) is 0. The average Bonchev–Trinajstić information content (AvgIpc) is 2.54. The van der Waals surface area contributed by atoms with Crippen LogP contribution in [0.5, 0.6) is 0 Å². The Hall–Kier alpha value is -1.05. The second-order valence-electron chi connectivity index (χ2n) is 5.72. The Labute approximate surface area is 130 Å². The maximum Gasteiger partial charge on any atom is 0.0643 e. The molecule has 0 spiro atoms. The van der Waals surface area contributed by atoms with Crippen molar-refractivity contribution in [2.75, 3.05) is 25.0 Å². The number of hydrogen-bond donors (Lipinski definition) is 0. The van der Waals surface area contributed by atoms with E-state index >= 15 is 0 Å². The van der Waals surface area contributed by atoms with Crippen molar-refractivity contribution in [2.24, 2.45) is 0 Å². The number of rotatable bonds is 2. The van der Waals surface area contributed by atoms with Gasteiger partial charge in [0.05, 0.1) is 18.5 Å². The van der Waals surface area contributed by atoms with E-state index in [0.29, 0.717) is 12.5 Å². The van der Waals surface area contributed by atoms with Crippen LogP contribution in [0.3, 0.4) is 0 Å². The van der Waals surface area contributed by atoms with Gasteiger partial charge in [-0.05, 0) is 45.0 Å². The fraction of sp³-hybridized carbons (Fsp3) is 0.562. The van der Waals surface area contributed by atoms with E-state index in [1.807, 2.05) is 0 Å². The van der Waals surface area contributed by atoms with Crippen molar-refractivity contribution >= 4 is 21.6 Å². The third kappa shape index (κ3) is 3.34. The molecule has 2 rings (SSSR count). The topological polar surface area (TPSA) is 30.3 Å². The lowest BCUT2D eigenvalue weighted by Gasteiger charge is -2.32. The SMILES string of the molecule is Cc1ccc(N2CCC(C)N(C)CC2CC#N)cc1Br. The highest BCUT2D eigenvalue weighted by Crippen LogP contribution is 2.28. The van der Waals surface area contributed by atoms with Gasteiger partial charge >= 0.3 is 0 Å². The highest BCUT2D eigenvalue weighted by Gasteiger charge is 2.26. The summed E-state index contributed by atoms with van der Waals surface area (Å²) in [4.78, 5) is 4.76. The number of nitrogens with zero attached hydrogens (tertiary/aromatic N) is 3. The van der Waals surface area contributed by atoms with Gasteiger partial charge in [-0.15, -0.1) is 0 Å². The molecule has 1 saturated heterocycles. The van der Waals surface area contributed by atoms with Gasteiger partial charge in [-0.25, -0.2) is 0 Å². The summed E-state index contributed by atoms with van der Waals surface area (Å²) in [5.41, 5.74) is 2.45. The number of hydrogen-bond acceptors (Lipinski definition) is 3. The van der Waals surface area contributed by atoms with Crippen molar-refractivity contribution < 1.29 is 0 Å². The van der Waals surface area contributed by atoms with Crippen LogP contribution in [0.1, 0.15) is 25.3 Å². The summed E-state index contributed by atoms with van der Waals surface area (Å²) < 4.78 is 1.14. The van der Waals surface area contributed by atoms with Crippen LogP contribution in [0, 0.1) is 18.3 Å². The molecule has 20 heavy (non-hydrogen) atoms. The fourth-order valence-electron chi connectivity index (χ4n) is 2.72. The van der Waals surface area contributed by atoms with Crippen LogP contribution < -0.4 is 4.90 Å². The molecule has 1 heterocycles. The molecule has 4 heteroatoms. The summed E-state index contributed by atoms with van der Waals surface area (Å²) in [7, 11) is 2.16. The number of benzene rings is 1. The van der Waals surface area contributed by atoms with Crippen LogP contribution in [0.2, 0.25) is 0 Å². The van der Waals surface area contributed by atoms with Gasteiger partial charge in [0.2, 0.25) is 0 Å². The maximum absolute atomic E-state index is 9.12. The minimum absolute atomic E-state index is 0.268. The summed E-state index contributed by atoms with van der Waals surface area (Å²) in [6.45, 7) is 6.31. The second-order valence-corrected chi connectivity index (χ2v) is 6.57. The summed E-state index contributed by atoms with van der Waals surface area (Å²) in [6, 6.07) is 9.66. The average molecular weight is 336 g/mol. The molecule has 1 fully saturated rings. The van der Waals surface area contributed by atoms with Crippen molar-refractivity contribution in [3.63, 3.8) is 0 Å². The number of likely N-dealkylation sites (N-methyl/N-ethyl adjacent to an activating group) is 1. The van der Waals surface area contributed by atoms with Gasteiger partial charge in [0, 0.05) is 29.3 Å². The van der Waals surface area contributed by atoms with Gasteiger partial charge in [-0.1, -0.05) is 22.0 Å². The van der Waals surface area contributed by atoms with E-state index in [-0.39, 0.29) is 6.04 Å². The van der Waals surface area contributed by atoms with Crippen LogP contribution in [0.25, 0.3) is 0 Å². The van der Waals surface area contributed by atoms with Crippen molar-refractivity contribution in [3.8, 4) is 6.07 Å². The van der Waals surface area contributed by atoms with Gasteiger partial charge in [-0.2, -0.15) is 5.26 Å². The Balaban J connectivity index is 2.30. The maximum atomic E-state index is 9.12. The number of anilines is 1. The predicted molar refractivity (Wildman–Crippen MR) is 87.0 cm³/mol. The summed E-state index contributed by atoms with van der Waals surface area (Å²) in [5, 5.41) is 9.12. The van der Waals surface area contributed by atoms with Gasteiger partial charge in [0.15, 0.2) is 0 Å². The molecule has 1 aromatic rings. The molecule has 1 aliphatic rings. The minimum atomic E-state index is 0.268. The van der Waals surface area contributed by atoms with Gasteiger partial charge in [-0.3, -0.25) is 0 Å². The molecule has 0 aromatic heterocycles. The Morgan fingerprint density at radius 3 is 2.85 bits per heavy atom. The van der Waals surface area contributed by atoms with Crippen molar-refractivity contribution in [1.29, 1.82) is 5.26 Å². The first-order valence-electron chi connectivity index (χ1n) is 7.13. The van der Waals surface area contributed by atoms with Crippen LogP contribution in [0.15, 0.2) is 22.7 Å². The first kappa shape index (κ1) is 15.3. The highest BCUT2D eigenvalue weighted by molar-refractivity contribution is 9.10. The molecule has 0 saturated carbocycles. The van der Waals surface area contributed by atoms with Gasteiger partial charge < -0.3 is 9.80 Å². The molecule has 3 nitrogen and oxygen atoms in total. The zero-order valence-corrected chi connectivity index (χ0v) is 14.0. The van der Waals surface area contributed by atoms with Crippen molar-refractivity contribution in [1.82, 2.24) is 4.90 Å². The van der Waals surface area contributed by atoms with Crippen LogP contribution >= 0.6 is 15.9 Å². The highest BCUT2D eigenvalue weighted by atomic mass is 79.9. The zero-order chi connectivity index (χ0) is 14.7. The van der Waals surface area contributed by atoms with E-state index in [1.54, 1.807) is 0 Å². The fourth-order valence-corrected chi connectivity index (χ4v) is 3.09. The standard InChI is InChI=1S/C16H22BrN3/c1-12-4-5-14(10-16(12)17)20-9-7-13(2)19(3)11-15(20)6-8-18/h4-5,10,13,15H,6-7,9,11H2,1-3H3. The largest absolute Gasteiger partial charge is 0.366 e. The molecule has 2 unspecified atom stereocenters. The normalized spacial score (nSPS) is 24.2. The van der Waals surface area contributed by atoms with Crippen LogP contribution in [-0.2, 0) is 0 Å². The lowest BCUT2D eigenvalue weighted by atomic mass is 10.1. The summed E-state index contributed by atoms with van der Waals surface area (Å²) in [6.07, 6.45) is 1.70. The third-order valence-corrected chi connectivity index (χ3v) is 5.15.